The van der Waals surface area contributed by atoms with Crippen molar-refractivity contribution in [2.45, 2.75) is 63.3 Å². The van der Waals surface area contributed by atoms with E-state index in [0.717, 1.165) is 6.08 Å². The van der Waals surface area contributed by atoms with E-state index in [0.29, 0.717) is 6.42 Å². The van der Waals surface area contributed by atoms with Gasteiger partial charge in [-0.25, -0.2) is 8.78 Å². The largest absolute Gasteiger partial charge is 0.392 e. The molecule has 0 amide bonds. The third-order valence-electron chi connectivity index (χ3n) is 7.98. The van der Waals surface area contributed by atoms with Crippen LogP contribution in [-0.4, -0.2) is 39.3 Å². The first-order chi connectivity index (χ1) is 12.0. The molecule has 4 aliphatic rings. The first-order valence-electron chi connectivity index (χ1n) is 9.31. The van der Waals surface area contributed by atoms with E-state index in [2.05, 4.69) is 0 Å². The summed E-state index contributed by atoms with van der Waals surface area (Å²) < 4.78 is 29.7. The van der Waals surface area contributed by atoms with Crippen LogP contribution in [0.2, 0.25) is 0 Å². The summed E-state index contributed by atoms with van der Waals surface area (Å²) in [5, 5.41) is 21.8. The summed E-state index contributed by atoms with van der Waals surface area (Å²) in [4.78, 5) is 10.5. The van der Waals surface area contributed by atoms with Crippen molar-refractivity contribution in [3.05, 3.63) is 23.6 Å². The average Bonchev–Trinajstić information content (AvgIpc) is 2.78. The molecule has 0 saturated heterocycles. The molecule has 4 rings (SSSR count). The molecule has 3 fully saturated rings. The van der Waals surface area contributed by atoms with Gasteiger partial charge in [-0.1, -0.05) is 26.8 Å². The number of ketones is 1. The molecule has 26 heavy (non-hydrogen) atoms. The summed E-state index contributed by atoms with van der Waals surface area (Å²) in [7, 11) is 0. The van der Waals surface area contributed by atoms with Crippen molar-refractivity contribution in [1.82, 2.24) is 0 Å². The molecular formula is C20H25ClF2O3. The number of hydrogen-bond acceptors (Lipinski definition) is 3. The Kier molecular flexibility index (Phi) is 3.85. The van der Waals surface area contributed by atoms with Gasteiger partial charge in [-0.3, -0.25) is 4.79 Å². The van der Waals surface area contributed by atoms with Crippen LogP contribution < -0.4 is 0 Å². The first-order valence-corrected chi connectivity index (χ1v) is 9.69. The fraction of sp³-hybridized carbons (Fsp3) is 0.750. The Morgan fingerprint density at radius 2 is 1.88 bits per heavy atom. The number of alkyl halides is 2. The fourth-order valence-corrected chi connectivity index (χ4v) is 7.12. The Bertz CT molecular complexity index is 737. The van der Waals surface area contributed by atoms with Crippen LogP contribution in [0.15, 0.2) is 23.6 Å². The number of carbonyl (C=O) groups is 1. The van der Waals surface area contributed by atoms with E-state index in [-0.39, 0.29) is 30.3 Å². The second kappa shape index (κ2) is 5.39. The number of aliphatic hydroxyl groups excluding tert-OH is 2. The van der Waals surface area contributed by atoms with Gasteiger partial charge in [0.1, 0.15) is 6.17 Å². The van der Waals surface area contributed by atoms with Gasteiger partial charge in [-0.2, -0.15) is 0 Å². The highest BCUT2D eigenvalue weighted by Gasteiger charge is 2.71. The molecule has 2 N–H and O–H groups in total. The Hall–Kier alpha value is -0.780. The van der Waals surface area contributed by atoms with Crippen LogP contribution in [0.25, 0.3) is 0 Å². The van der Waals surface area contributed by atoms with Crippen LogP contribution in [0.3, 0.4) is 0 Å². The lowest BCUT2D eigenvalue weighted by Crippen LogP contribution is -2.68. The van der Waals surface area contributed by atoms with Crippen molar-refractivity contribution < 1.29 is 23.8 Å². The van der Waals surface area contributed by atoms with Gasteiger partial charge in [-0.05, 0) is 48.5 Å². The van der Waals surface area contributed by atoms with E-state index < -0.39 is 51.6 Å². The molecule has 0 aromatic carbocycles. The van der Waals surface area contributed by atoms with Crippen LogP contribution in [0.4, 0.5) is 8.78 Å². The van der Waals surface area contributed by atoms with Crippen LogP contribution in [-0.2, 0) is 4.79 Å². The van der Waals surface area contributed by atoms with Gasteiger partial charge in [0.15, 0.2) is 5.83 Å². The highest BCUT2D eigenvalue weighted by Crippen LogP contribution is 2.69. The summed E-state index contributed by atoms with van der Waals surface area (Å²) in [6, 6.07) is 0. The summed E-state index contributed by atoms with van der Waals surface area (Å²) in [5.41, 5.74) is -2.07. The minimum atomic E-state index is -1.63. The quantitative estimate of drug-likeness (QED) is 0.627. The minimum absolute atomic E-state index is 0.0271. The molecule has 0 bridgehead atoms. The van der Waals surface area contributed by atoms with Gasteiger partial charge in [0.25, 0.3) is 0 Å². The number of aliphatic hydroxyl groups is 2. The highest BCUT2D eigenvalue weighted by atomic mass is 35.5. The van der Waals surface area contributed by atoms with Crippen LogP contribution >= 0.6 is 11.6 Å². The van der Waals surface area contributed by atoms with E-state index in [9.17, 15) is 19.4 Å². The van der Waals surface area contributed by atoms with Crippen LogP contribution in [0.5, 0.6) is 0 Å². The monoisotopic (exact) mass is 386 g/mol. The van der Waals surface area contributed by atoms with Gasteiger partial charge < -0.3 is 10.2 Å². The van der Waals surface area contributed by atoms with Gasteiger partial charge >= 0.3 is 0 Å². The second-order valence-corrected chi connectivity index (χ2v) is 9.82. The number of fused-ring (bicyclic) bond motifs is 5. The van der Waals surface area contributed by atoms with E-state index >= 15 is 4.39 Å². The summed E-state index contributed by atoms with van der Waals surface area (Å²) in [6.45, 7) is 5.52. The first kappa shape index (κ1) is 18.6. The van der Waals surface area contributed by atoms with Crippen molar-refractivity contribution in [2.75, 3.05) is 0 Å². The highest BCUT2D eigenvalue weighted by molar-refractivity contribution is 6.26. The maximum atomic E-state index is 15.1. The van der Waals surface area contributed by atoms with Crippen molar-refractivity contribution in [3.8, 4) is 0 Å². The van der Waals surface area contributed by atoms with Gasteiger partial charge in [-0.15, -0.1) is 11.6 Å². The van der Waals surface area contributed by atoms with E-state index in [1.165, 1.54) is 6.08 Å². The lowest BCUT2D eigenvalue weighted by molar-refractivity contribution is -0.126. The predicted octanol–water partition coefficient (Wildman–Crippen LogP) is 3.48. The lowest BCUT2D eigenvalue weighted by Gasteiger charge is -2.63. The standard InChI is InChI=1S/C20H25ClF2O3/c1-9-6-10-11-7-12(22)15-16(23)13(24)4-5-19(15,3)20(11,21)14(25)8-18(10,2)17(9)26/h4-5,9-12,14,17,25-26H,6-8H2,1-3H3/t9-,10+,11+,12+,14+,17-,18+,19+,20+/m1/s1. The molecular weight excluding hydrogens is 362 g/mol. The molecule has 0 aromatic rings. The molecule has 0 radical (unpaired) electrons. The molecule has 0 heterocycles. The minimum Gasteiger partial charge on any atom is -0.392 e. The number of halogens is 3. The molecule has 0 spiro atoms. The van der Waals surface area contributed by atoms with E-state index in [1.54, 1.807) is 6.92 Å². The van der Waals surface area contributed by atoms with Gasteiger partial charge in [0.2, 0.25) is 5.78 Å². The topological polar surface area (TPSA) is 57.5 Å². The van der Waals surface area contributed by atoms with Crippen molar-refractivity contribution in [2.24, 2.45) is 28.6 Å². The summed E-state index contributed by atoms with van der Waals surface area (Å²) >= 11 is 7.08. The Morgan fingerprint density at radius 1 is 1.23 bits per heavy atom. The van der Waals surface area contributed by atoms with Crippen molar-refractivity contribution in [1.29, 1.82) is 0 Å². The van der Waals surface area contributed by atoms with Gasteiger partial charge in [0.05, 0.1) is 17.1 Å². The normalized spacial score (nSPS) is 56.2. The molecule has 0 aromatic heterocycles. The molecule has 3 nitrogen and oxygen atoms in total. The smallest absolute Gasteiger partial charge is 0.213 e. The van der Waals surface area contributed by atoms with Crippen molar-refractivity contribution >= 4 is 17.4 Å². The zero-order valence-corrected chi connectivity index (χ0v) is 15.9. The molecule has 4 aliphatic carbocycles. The summed E-state index contributed by atoms with van der Waals surface area (Å²) in [5.74, 6) is -2.40. The number of hydrogen-bond donors (Lipinski definition) is 2. The lowest BCUT2D eigenvalue weighted by atomic mass is 9.46. The van der Waals surface area contributed by atoms with Crippen LogP contribution in [0.1, 0.15) is 40.0 Å². The maximum absolute atomic E-state index is 15.1. The SMILES string of the molecule is C[C@@H]1C[C@H]2[C@@H]3C[C@H](F)C4=C(F)C(=O)C=C[C@]4(C)[C@@]3(Cl)[C@@H](O)C[C@]2(C)[C@@H]1O. The van der Waals surface area contributed by atoms with Crippen LogP contribution in [0, 0.1) is 28.6 Å². The Morgan fingerprint density at radius 3 is 2.54 bits per heavy atom. The zero-order chi connectivity index (χ0) is 19.2. The third kappa shape index (κ3) is 1.92. The zero-order valence-electron chi connectivity index (χ0n) is 15.2. The fourth-order valence-electron chi connectivity index (χ4n) is 6.64. The maximum Gasteiger partial charge on any atom is 0.213 e. The third-order valence-corrected chi connectivity index (χ3v) is 8.91. The molecule has 6 heteroatoms. The van der Waals surface area contributed by atoms with E-state index in [4.69, 9.17) is 11.6 Å². The second-order valence-electron chi connectivity index (χ2n) is 9.20. The molecule has 144 valence electrons. The predicted molar refractivity (Wildman–Crippen MR) is 94.0 cm³/mol. The molecule has 3 saturated carbocycles. The van der Waals surface area contributed by atoms with Gasteiger partial charge in [0, 0.05) is 11.0 Å². The summed E-state index contributed by atoms with van der Waals surface area (Å²) in [6.07, 6.45) is 0.223. The molecule has 9 atom stereocenters. The van der Waals surface area contributed by atoms with Crippen molar-refractivity contribution in [3.63, 3.8) is 0 Å². The number of allylic oxidation sites excluding steroid dienone is 4. The number of rotatable bonds is 0. The molecule has 0 unspecified atom stereocenters. The average molecular weight is 387 g/mol. The number of carbonyl (C=O) groups excluding carboxylic acids is 1. The van der Waals surface area contributed by atoms with E-state index in [1.807, 2.05) is 13.8 Å². The molecule has 0 aliphatic heterocycles. The Balaban J connectivity index is 1.89. The Labute approximate surface area is 157 Å².